The number of thiophene rings is 2. The minimum atomic E-state index is 0. The molecular weight excluding hydrogens is 360 g/mol. The van der Waals surface area contributed by atoms with Crippen molar-refractivity contribution in [2.45, 2.75) is 31.3 Å². The summed E-state index contributed by atoms with van der Waals surface area (Å²) in [5.41, 5.74) is 0. The second kappa shape index (κ2) is 6.30. The Balaban J connectivity index is 0.00000146. The summed E-state index contributed by atoms with van der Waals surface area (Å²) in [5, 5.41) is 4.76. The number of nitrogens with zero attached hydrogens (tertiary/aromatic N) is 1. The fraction of sp³-hybridized carbons (Fsp3) is 0.389. The average Bonchev–Trinajstić information content (AvgIpc) is 3.16. The second-order valence-corrected chi connectivity index (χ2v) is 8.63. The topological polar surface area (TPSA) is 32.3 Å². The van der Waals surface area contributed by atoms with E-state index in [1.165, 1.54) is 25.9 Å². The van der Waals surface area contributed by atoms with Crippen LogP contribution in [0.4, 0.5) is 0 Å². The highest BCUT2D eigenvalue weighted by Crippen LogP contribution is 2.40. The molecule has 4 heterocycles. The first-order chi connectivity index (χ1) is 11.3. The molecule has 2 saturated heterocycles. The van der Waals surface area contributed by atoms with E-state index in [0.29, 0.717) is 12.1 Å². The summed E-state index contributed by atoms with van der Waals surface area (Å²) in [6.45, 7) is 1.99. The molecule has 126 valence electrons. The molecule has 1 aromatic carbocycles. The smallest absolute Gasteiger partial charge is 0.264 e. The molecule has 0 spiro atoms. The number of amides is 1. The van der Waals surface area contributed by atoms with Gasteiger partial charge in [-0.05, 0) is 37.9 Å². The average molecular weight is 379 g/mol. The van der Waals surface area contributed by atoms with Crippen LogP contribution in [-0.2, 0) is 0 Å². The second-order valence-electron chi connectivity index (χ2n) is 6.49. The molecule has 24 heavy (non-hydrogen) atoms. The van der Waals surface area contributed by atoms with Crippen LogP contribution in [0.15, 0.2) is 30.3 Å². The Hall–Kier alpha value is -1.14. The van der Waals surface area contributed by atoms with E-state index in [2.05, 4.69) is 40.5 Å². The molecule has 5 rings (SSSR count). The van der Waals surface area contributed by atoms with Gasteiger partial charge in [0.25, 0.3) is 5.91 Å². The fourth-order valence-corrected chi connectivity index (χ4v) is 6.52. The normalized spacial score (nSPS) is 23.4. The monoisotopic (exact) mass is 378 g/mol. The quantitative estimate of drug-likeness (QED) is 0.675. The van der Waals surface area contributed by atoms with E-state index in [4.69, 9.17) is 0 Å². The first-order valence-corrected chi connectivity index (χ1v) is 9.89. The van der Waals surface area contributed by atoms with Crippen LogP contribution in [0.3, 0.4) is 0 Å². The Morgan fingerprint density at radius 1 is 1.08 bits per heavy atom. The summed E-state index contributed by atoms with van der Waals surface area (Å²) in [4.78, 5) is 16.2. The van der Waals surface area contributed by atoms with Crippen LogP contribution in [0.1, 0.15) is 28.9 Å². The summed E-state index contributed by atoms with van der Waals surface area (Å²) < 4.78 is 3.83. The van der Waals surface area contributed by atoms with E-state index < -0.39 is 0 Å². The maximum atomic E-state index is 13.1. The van der Waals surface area contributed by atoms with E-state index in [0.717, 1.165) is 30.8 Å². The predicted molar refractivity (Wildman–Crippen MR) is 105 cm³/mol. The van der Waals surface area contributed by atoms with Crippen LogP contribution in [0.2, 0.25) is 0 Å². The number of rotatable bonds is 1. The Labute approximate surface area is 155 Å². The van der Waals surface area contributed by atoms with Gasteiger partial charge < -0.3 is 10.2 Å². The van der Waals surface area contributed by atoms with Crippen molar-refractivity contribution in [3.63, 3.8) is 0 Å². The van der Waals surface area contributed by atoms with Crippen molar-refractivity contribution in [2.24, 2.45) is 0 Å². The van der Waals surface area contributed by atoms with Gasteiger partial charge in [-0.2, -0.15) is 0 Å². The van der Waals surface area contributed by atoms with Crippen LogP contribution in [0.5, 0.6) is 0 Å². The lowest BCUT2D eigenvalue weighted by atomic mass is 10.1. The molecule has 2 fully saturated rings. The Kier molecular flexibility index (Phi) is 4.29. The van der Waals surface area contributed by atoms with Crippen LogP contribution in [0, 0.1) is 0 Å². The predicted octanol–water partition coefficient (Wildman–Crippen LogP) is 4.50. The SMILES string of the molecule is Cl.O=C(c1cc2sc3ccccc3c2s1)N1C2CCNCC1CC2. The van der Waals surface area contributed by atoms with Crippen LogP contribution in [-0.4, -0.2) is 36.0 Å². The number of halogens is 1. The zero-order chi connectivity index (χ0) is 15.4. The molecule has 2 bridgehead atoms. The molecule has 0 saturated carbocycles. The molecule has 1 amide bonds. The highest BCUT2D eigenvalue weighted by molar-refractivity contribution is 7.33. The summed E-state index contributed by atoms with van der Waals surface area (Å²) in [6, 6.07) is 11.4. The minimum absolute atomic E-state index is 0. The molecule has 0 radical (unpaired) electrons. The van der Waals surface area contributed by atoms with Crippen molar-refractivity contribution in [3.8, 4) is 0 Å². The summed E-state index contributed by atoms with van der Waals surface area (Å²) in [7, 11) is 0. The van der Waals surface area contributed by atoms with Gasteiger partial charge in [0.05, 0.1) is 9.58 Å². The van der Waals surface area contributed by atoms with Crippen molar-refractivity contribution < 1.29 is 4.79 Å². The first kappa shape index (κ1) is 16.3. The fourth-order valence-electron chi connectivity index (χ4n) is 4.05. The van der Waals surface area contributed by atoms with Crippen molar-refractivity contribution in [1.82, 2.24) is 10.2 Å². The third kappa shape index (κ3) is 2.46. The summed E-state index contributed by atoms with van der Waals surface area (Å²) in [5.74, 6) is 0.249. The van der Waals surface area contributed by atoms with Crippen molar-refractivity contribution >= 4 is 60.5 Å². The third-order valence-corrected chi connectivity index (χ3v) is 7.55. The minimum Gasteiger partial charge on any atom is -0.331 e. The molecule has 2 unspecified atom stereocenters. The van der Waals surface area contributed by atoms with Crippen molar-refractivity contribution in [1.29, 1.82) is 0 Å². The van der Waals surface area contributed by atoms with Gasteiger partial charge in [-0.3, -0.25) is 4.79 Å². The van der Waals surface area contributed by atoms with Gasteiger partial charge in [0.2, 0.25) is 0 Å². The number of fused-ring (bicyclic) bond motifs is 5. The van der Waals surface area contributed by atoms with E-state index >= 15 is 0 Å². The maximum Gasteiger partial charge on any atom is 0.264 e. The molecule has 3 nitrogen and oxygen atoms in total. The van der Waals surface area contributed by atoms with Crippen molar-refractivity contribution in [2.75, 3.05) is 13.1 Å². The maximum absolute atomic E-state index is 13.1. The molecule has 2 aromatic heterocycles. The van der Waals surface area contributed by atoms with Gasteiger partial charge in [0.15, 0.2) is 0 Å². The lowest BCUT2D eigenvalue weighted by Gasteiger charge is -2.27. The molecule has 2 aliphatic heterocycles. The molecular formula is C18H19ClN2OS2. The largest absolute Gasteiger partial charge is 0.331 e. The van der Waals surface area contributed by atoms with E-state index in [1.807, 2.05) is 0 Å². The lowest BCUT2D eigenvalue weighted by molar-refractivity contribution is 0.0685. The molecule has 2 atom stereocenters. The number of carbonyl (C=O) groups is 1. The molecule has 0 aliphatic carbocycles. The Morgan fingerprint density at radius 2 is 1.92 bits per heavy atom. The highest BCUT2D eigenvalue weighted by Gasteiger charge is 2.38. The van der Waals surface area contributed by atoms with E-state index in [9.17, 15) is 4.79 Å². The Morgan fingerprint density at radius 3 is 2.83 bits per heavy atom. The number of nitrogens with one attached hydrogen (secondary N) is 1. The number of carbonyl (C=O) groups excluding carboxylic acids is 1. The lowest BCUT2D eigenvalue weighted by Crippen LogP contribution is -2.42. The standard InChI is InChI=1S/C18H18N2OS2.ClH/c21-18(20-11-5-6-12(20)10-19-8-7-11)16-9-15-17(23-16)13-3-1-2-4-14(13)22-15;/h1-4,9,11-12,19H,5-8,10H2;1H. The Bertz CT molecular complexity index is 889. The summed E-state index contributed by atoms with van der Waals surface area (Å²) in [6.07, 6.45) is 3.40. The molecule has 1 N–H and O–H groups in total. The number of hydrogen-bond donors (Lipinski definition) is 1. The molecule has 6 heteroatoms. The first-order valence-electron chi connectivity index (χ1n) is 8.26. The zero-order valence-corrected chi connectivity index (χ0v) is 15.6. The van der Waals surface area contributed by atoms with Gasteiger partial charge in [0, 0.05) is 33.4 Å². The van der Waals surface area contributed by atoms with Gasteiger partial charge in [-0.15, -0.1) is 35.1 Å². The zero-order valence-electron chi connectivity index (χ0n) is 13.2. The summed E-state index contributed by atoms with van der Waals surface area (Å²) >= 11 is 3.47. The third-order valence-electron chi connectivity index (χ3n) is 5.15. The van der Waals surface area contributed by atoms with Gasteiger partial charge >= 0.3 is 0 Å². The van der Waals surface area contributed by atoms with Crippen molar-refractivity contribution in [3.05, 3.63) is 35.2 Å². The van der Waals surface area contributed by atoms with Crippen LogP contribution < -0.4 is 5.32 Å². The number of benzene rings is 1. The number of hydrogen-bond acceptors (Lipinski definition) is 4. The van der Waals surface area contributed by atoms with Gasteiger partial charge in [-0.1, -0.05) is 18.2 Å². The van der Waals surface area contributed by atoms with E-state index in [1.54, 1.807) is 22.7 Å². The molecule has 2 aliphatic rings. The van der Waals surface area contributed by atoms with Gasteiger partial charge in [0.1, 0.15) is 0 Å². The van der Waals surface area contributed by atoms with E-state index in [-0.39, 0.29) is 18.3 Å². The highest BCUT2D eigenvalue weighted by atomic mass is 35.5. The van der Waals surface area contributed by atoms with Crippen LogP contribution >= 0.6 is 35.1 Å². The van der Waals surface area contributed by atoms with Crippen LogP contribution in [0.25, 0.3) is 19.5 Å². The molecule has 3 aromatic rings. The van der Waals surface area contributed by atoms with Gasteiger partial charge in [-0.25, -0.2) is 0 Å².